The Morgan fingerprint density at radius 3 is 1.25 bits per heavy atom. The van der Waals surface area contributed by atoms with Crippen molar-refractivity contribution in [1.82, 2.24) is 0 Å². The van der Waals surface area contributed by atoms with Gasteiger partial charge in [-0.1, -0.05) is 0 Å². The molecule has 0 aromatic carbocycles. The number of hydrogen-bond acceptors (Lipinski definition) is 1. The van der Waals surface area contributed by atoms with E-state index in [2.05, 4.69) is 0 Å². The predicted molar refractivity (Wildman–Crippen MR) is 0.686 cm³/mol. The summed E-state index contributed by atoms with van der Waals surface area (Å²) < 4.78 is 8.33. The molecule has 0 saturated carbocycles. The van der Waals surface area contributed by atoms with Crippen LogP contribution in [0.2, 0.25) is 0 Å². The summed E-state index contributed by atoms with van der Waals surface area (Å²) in [7, 11) is 0. The van der Waals surface area contributed by atoms with Crippen LogP contribution in [-0.2, 0) is 57.3 Å². The van der Waals surface area contributed by atoms with Crippen LogP contribution >= 0.6 is 0 Å². The van der Waals surface area contributed by atoms with Gasteiger partial charge in [0.15, 0.2) is 0 Å². The Hall–Kier alpha value is 1.53. The van der Waals surface area contributed by atoms with E-state index in [4.69, 9.17) is 3.40 Å². The molecule has 4 heavy (non-hydrogen) atoms. The second-order valence-electron chi connectivity index (χ2n) is 0. The Kier molecular flexibility index (Phi) is 107. The van der Waals surface area contributed by atoms with E-state index < -0.39 is 0 Å². The van der Waals surface area contributed by atoms with E-state index in [0.717, 1.165) is 0 Å². The van der Waals surface area contributed by atoms with Crippen LogP contribution in [0.4, 0.5) is 0 Å². The first-order valence-electron chi connectivity index (χ1n) is 0.167. The first-order valence-corrected chi connectivity index (χ1v) is 1.36. The van der Waals surface area contributed by atoms with Gasteiger partial charge in [0.2, 0.25) is 0 Å². The molecule has 0 atom stereocenters. The minimum absolute atomic E-state index is 0. The average molecular weight is 311 g/mol. The zero-order chi connectivity index (χ0) is 2.00. The molecule has 0 bridgehead atoms. The second kappa shape index (κ2) is 24.1. The normalized spacial score (nSPS) is 1.00. The SMILES string of the molecule is [Fe].[Mn].[O]=[W]. The summed E-state index contributed by atoms with van der Waals surface area (Å²) in [5.41, 5.74) is 0. The third-order valence-electron chi connectivity index (χ3n) is 0. The Labute approximate surface area is 57.1 Å². The van der Waals surface area contributed by atoms with Gasteiger partial charge in [0.05, 0.1) is 0 Å². The van der Waals surface area contributed by atoms with Crippen molar-refractivity contribution in [3.05, 3.63) is 0 Å². The number of hydrogen-bond donors (Lipinski definition) is 0. The van der Waals surface area contributed by atoms with Crippen LogP contribution in [-0.4, -0.2) is 0 Å². The molecule has 27 valence electrons. The van der Waals surface area contributed by atoms with Crippen molar-refractivity contribution in [2.45, 2.75) is 0 Å². The summed E-state index contributed by atoms with van der Waals surface area (Å²) in [6.45, 7) is 0. The van der Waals surface area contributed by atoms with E-state index in [1.807, 2.05) is 0 Å². The van der Waals surface area contributed by atoms with Crippen LogP contribution in [0, 0.1) is 0 Å². The van der Waals surface area contributed by atoms with Gasteiger partial charge in [0.25, 0.3) is 0 Å². The van der Waals surface area contributed by atoms with Crippen molar-refractivity contribution < 1.29 is 57.3 Å². The van der Waals surface area contributed by atoms with E-state index in [1.165, 1.54) is 0 Å². The van der Waals surface area contributed by atoms with Gasteiger partial charge in [0.1, 0.15) is 0 Å². The molecule has 0 fully saturated rings. The number of rotatable bonds is 0. The van der Waals surface area contributed by atoms with Gasteiger partial charge in [-0.15, -0.1) is 0 Å². The van der Waals surface area contributed by atoms with Crippen LogP contribution in [0.5, 0.6) is 0 Å². The molecular formula is FeMnOW. The fourth-order valence-electron chi connectivity index (χ4n) is 0. The van der Waals surface area contributed by atoms with Crippen molar-refractivity contribution >= 4 is 0 Å². The Bertz CT molecular complexity index is 8.00. The fourth-order valence-corrected chi connectivity index (χ4v) is 0. The van der Waals surface area contributed by atoms with Crippen LogP contribution in [0.3, 0.4) is 0 Å². The van der Waals surface area contributed by atoms with E-state index in [-0.39, 0.29) is 34.1 Å². The third kappa shape index (κ3) is 9.66. The molecule has 0 heterocycles. The zero-order valence-electron chi connectivity index (χ0n) is 1.55. The van der Waals surface area contributed by atoms with E-state index in [1.54, 1.807) is 0 Å². The molecule has 0 aromatic heterocycles. The van der Waals surface area contributed by atoms with Crippen molar-refractivity contribution in [2.75, 3.05) is 0 Å². The molecule has 1 radical (unpaired) electrons. The van der Waals surface area contributed by atoms with Crippen LogP contribution in [0.15, 0.2) is 0 Å². The maximum absolute atomic E-state index is 8.33. The van der Waals surface area contributed by atoms with Gasteiger partial charge >= 0.3 is 23.2 Å². The summed E-state index contributed by atoms with van der Waals surface area (Å²) in [4.78, 5) is 0. The first-order chi connectivity index (χ1) is 1.00. The monoisotopic (exact) mass is 311 g/mol. The molecule has 0 spiro atoms. The molecule has 0 aliphatic carbocycles. The van der Waals surface area contributed by atoms with Gasteiger partial charge in [0, 0.05) is 34.1 Å². The molecule has 0 N–H and O–H groups in total. The van der Waals surface area contributed by atoms with E-state index >= 15 is 0 Å². The van der Waals surface area contributed by atoms with Gasteiger partial charge in [-0.25, -0.2) is 0 Å². The summed E-state index contributed by atoms with van der Waals surface area (Å²) in [6, 6.07) is 0. The molecular weight excluding hydrogens is 311 g/mol. The summed E-state index contributed by atoms with van der Waals surface area (Å²) in [5.74, 6) is 0. The Morgan fingerprint density at radius 1 is 1.25 bits per heavy atom. The van der Waals surface area contributed by atoms with Crippen molar-refractivity contribution in [3.63, 3.8) is 0 Å². The average Bonchev–Trinajstić information content (AvgIpc) is 1.00. The van der Waals surface area contributed by atoms with E-state index in [9.17, 15) is 0 Å². The standard InChI is InChI=1S/Fe.Mn.O.W. The molecule has 1 nitrogen and oxygen atoms in total. The molecule has 0 saturated heterocycles. The van der Waals surface area contributed by atoms with Gasteiger partial charge in [-0.05, 0) is 0 Å². The molecule has 0 aliphatic heterocycles. The third-order valence-corrected chi connectivity index (χ3v) is 0. The summed E-state index contributed by atoms with van der Waals surface area (Å²) >= 11 is 0.333. The molecule has 0 amide bonds. The van der Waals surface area contributed by atoms with Crippen molar-refractivity contribution in [2.24, 2.45) is 0 Å². The zero-order valence-corrected chi connectivity index (χ0v) is 6.77. The summed E-state index contributed by atoms with van der Waals surface area (Å²) in [6.07, 6.45) is 0. The molecule has 0 unspecified atom stereocenters. The summed E-state index contributed by atoms with van der Waals surface area (Å²) in [5, 5.41) is 0. The minimum atomic E-state index is 0. The quantitative estimate of drug-likeness (QED) is 0.570. The van der Waals surface area contributed by atoms with Crippen molar-refractivity contribution in [3.8, 4) is 0 Å². The Balaban J connectivity index is -0.00000000500. The van der Waals surface area contributed by atoms with Gasteiger partial charge in [-0.2, -0.15) is 0 Å². The molecule has 0 aliphatic rings. The molecule has 0 rings (SSSR count). The predicted octanol–water partition coefficient (Wildman–Crippen LogP) is -0.126. The Morgan fingerprint density at radius 2 is 1.25 bits per heavy atom. The van der Waals surface area contributed by atoms with E-state index in [0.29, 0.717) is 19.8 Å². The van der Waals surface area contributed by atoms with Gasteiger partial charge in [-0.3, -0.25) is 0 Å². The van der Waals surface area contributed by atoms with Crippen LogP contribution < -0.4 is 0 Å². The van der Waals surface area contributed by atoms with Gasteiger partial charge < -0.3 is 0 Å². The first kappa shape index (κ1) is 17.7. The second-order valence-corrected chi connectivity index (χ2v) is 0. The maximum atomic E-state index is 8.33. The van der Waals surface area contributed by atoms with Crippen LogP contribution in [0.1, 0.15) is 0 Å². The molecule has 0 aromatic rings. The topological polar surface area (TPSA) is 17.1 Å². The van der Waals surface area contributed by atoms with Crippen molar-refractivity contribution in [1.29, 1.82) is 0 Å². The fraction of sp³-hybridized carbons (Fsp3) is 0. The van der Waals surface area contributed by atoms with Crippen LogP contribution in [0.25, 0.3) is 0 Å². The molecule has 4 heteroatoms.